The molecule has 0 aliphatic carbocycles. The Kier molecular flexibility index (Phi) is 68.4. The van der Waals surface area contributed by atoms with Crippen molar-refractivity contribution in [2.45, 2.75) is 424 Å². The van der Waals surface area contributed by atoms with Gasteiger partial charge in [-0.25, -0.2) is 0 Å². The fraction of sp³-hybridized carbons (Fsp3) is 0.919. The maximum Gasteiger partial charge on any atom is 0.305 e. The van der Waals surface area contributed by atoms with Crippen molar-refractivity contribution < 1.29 is 24.5 Å². The Hall–Kier alpha value is -1.66. The molecular formula is C74H143NO5. The van der Waals surface area contributed by atoms with Crippen LogP contribution < -0.4 is 5.32 Å². The number of unbranched alkanes of at least 4 members (excludes halogenated alkanes) is 54. The molecule has 0 aromatic rings. The van der Waals surface area contributed by atoms with Gasteiger partial charge >= 0.3 is 5.97 Å². The number of esters is 1. The summed E-state index contributed by atoms with van der Waals surface area (Å²) < 4.78 is 5.49. The van der Waals surface area contributed by atoms with E-state index in [1.165, 1.54) is 327 Å². The van der Waals surface area contributed by atoms with Crippen LogP contribution in [0.5, 0.6) is 0 Å². The van der Waals surface area contributed by atoms with Crippen LogP contribution in [0.1, 0.15) is 412 Å². The summed E-state index contributed by atoms with van der Waals surface area (Å²) in [4.78, 5) is 24.6. The van der Waals surface area contributed by atoms with Crippen molar-refractivity contribution in [3.63, 3.8) is 0 Å². The number of aliphatic hydroxyl groups excluding tert-OH is 2. The summed E-state index contributed by atoms with van der Waals surface area (Å²) in [5.41, 5.74) is 0. The monoisotopic (exact) mass is 1130 g/mol. The SMILES string of the molecule is CCCCC/C=C\C/C=C\CCCCCCCC(=O)OCCCCCCCCCCCCCCCCCCCCCCCCCCC(=O)NC(CO)C(O)CCCCCCCCCCCCCCCCCCCCCCCCCC. The van der Waals surface area contributed by atoms with E-state index in [9.17, 15) is 19.8 Å². The number of amides is 1. The van der Waals surface area contributed by atoms with E-state index < -0.39 is 12.1 Å². The second kappa shape index (κ2) is 69.8. The maximum atomic E-state index is 12.6. The Bertz CT molecular complexity index is 1250. The molecule has 0 aliphatic rings. The molecule has 0 saturated heterocycles. The smallest absolute Gasteiger partial charge is 0.305 e. The molecule has 0 bridgehead atoms. The van der Waals surface area contributed by atoms with Crippen LogP contribution in [0.2, 0.25) is 0 Å². The topological polar surface area (TPSA) is 95.9 Å². The molecule has 2 atom stereocenters. The van der Waals surface area contributed by atoms with E-state index in [4.69, 9.17) is 4.74 Å². The van der Waals surface area contributed by atoms with Crippen LogP contribution in [0, 0.1) is 0 Å². The number of carbonyl (C=O) groups excluding carboxylic acids is 2. The summed E-state index contributed by atoms with van der Waals surface area (Å²) in [6.45, 7) is 4.96. The van der Waals surface area contributed by atoms with Crippen molar-refractivity contribution in [1.82, 2.24) is 5.32 Å². The highest BCUT2D eigenvalue weighted by atomic mass is 16.5. The normalized spacial score (nSPS) is 12.6. The molecule has 80 heavy (non-hydrogen) atoms. The molecule has 3 N–H and O–H groups in total. The standard InChI is InChI=1S/C74H143NO5/c1-3-5-7-9-11-13-15-17-19-20-21-22-23-26-29-32-35-39-42-46-50-54-58-62-66-72(77)71(70-76)75-73(78)67-63-59-55-51-47-43-40-36-33-30-27-24-25-28-31-34-37-41-45-49-53-57-61-65-69-80-74(79)68-64-60-56-52-48-44-38-18-16-14-12-10-8-6-4-2/h12,14,18,38,71-72,76-77H,3-11,13,15-17,19-37,39-70H2,1-2H3,(H,75,78)/b14-12-,38-18-. The molecular weight excluding hydrogens is 983 g/mol. The van der Waals surface area contributed by atoms with Crippen LogP contribution in [0.25, 0.3) is 0 Å². The number of allylic oxidation sites excluding steroid dienone is 4. The largest absolute Gasteiger partial charge is 0.466 e. The number of carbonyl (C=O) groups is 2. The molecule has 0 heterocycles. The number of hydrogen-bond acceptors (Lipinski definition) is 5. The highest BCUT2D eigenvalue weighted by molar-refractivity contribution is 5.76. The van der Waals surface area contributed by atoms with E-state index in [-0.39, 0.29) is 18.5 Å². The fourth-order valence-corrected chi connectivity index (χ4v) is 11.7. The molecule has 2 unspecified atom stereocenters. The molecule has 474 valence electrons. The van der Waals surface area contributed by atoms with Gasteiger partial charge in [-0.05, 0) is 57.8 Å². The molecule has 0 fully saturated rings. The third kappa shape index (κ3) is 65.5. The van der Waals surface area contributed by atoms with Gasteiger partial charge in [-0.1, -0.05) is 366 Å². The summed E-state index contributed by atoms with van der Waals surface area (Å²) >= 11 is 0. The Balaban J connectivity index is 3.37. The second-order valence-electron chi connectivity index (χ2n) is 25.3. The number of aliphatic hydroxyl groups is 2. The van der Waals surface area contributed by atoms with E-state index in [1.807, 2.05) is 0 Å². The van der Waals surface area contributed by atoms with E-state index in [0.29, 0.717) is 25.9 Å². The Morgan fingerprint density at radius 2 is 0.625 bits per heavy atom. The summed E-state index contributed by atoms with van der Waals surface area (Å²) in [6.07, 6.45) is 88.0. The van der Waals surface area contributed by atoms with E-state index in [1.54, 1.807) is 0 Å². The fourth-order valence-electron chi connectivity index (χ4n) is 11.7. The first kappa shape index (κ1) is 78.3. The lowest BCUT2D eigenvalue weighted by molar-refractivity contribution is -0.143. The first-order valence-electron chi connectivity index (χ1n) is 36.6. The number of hydrogen-bond donors (Lipinski definition) is 3. The van der Waals surface area contributed by atoms with Gasteiger partial charge in [0.1, 0.15) is 0 Å². The summed E-state index contributed by atoms with van der Waals surface area (Å²) in [5.74, 6) is -0.0264. The van der Waals surface area contributed by atoms with Gasteiger partial charge in [0.25, 0.3) is 0 Å². The lowest BCUT2D eigenvalue weighted by Crippen LogP contribution is -2.45. The summed E-state index contributed by atoms with van der Waals surface area (Å²) in [5, 5.41) is 23.5. The highest BCUT2D eigenvalue weighted by Crippen LogP contribution is 2.19. The zero-order valence-electron chi connectivity index (χ0n) is 54.3. The summed E-state index contributed by atoms with van der Waals surface area (Å²) in [7, 11) is 0. The van der Waals surface area contributed by atoms with E-state index in [2.05, 4.69) is 43.5 Å². The van der Waals surface area contributed by atoms with Gasteiger partial charge in [0.2, 0.25) is 5.91 Å². The lowest BCUT2D eigenvalue weighted by atomic mass is 10.0. The van der Waals surface area contributed by atoms with Crippen molar-refractivity contribution in [3.8, 4) is 0 Å². The third-order valence-corrected chi connectivity index (χ3v) is 17.3. The van der Waals surface area contributed by atoms with Gasteiger partial charge in [0, 0.05) is 12.8 Å². The van der Waals surface area contributed by atoms with Crippen LogP contribution in [0.3, 0.4) is 0 Å². The van der Waals surface area contributed by atoms with Gasteiger partial charge in [0.05, 0.1) is 25.4 Å². The van der Waals surface area contributed by atoms with Gasteiger partial charge in [-0.15, -0.1) is 0 Å². The maximum absolute atomic E-state index is 12.6. The van der Waals surface area contributed by atoms with E-state index >= 15 is 0 Å². The Morgan fingerprint density at radius 1 is 0.350 bits per heavy atom. The van der Waals surface area contributed by atoms with Crippen molar-refractivity contribution in [2.75, 3.05) is 13.2 Å². The molecule has 0 aromatic heterocycles. The molecule has 0 spiro atoms. The minimum atomic E-state index is -0.665. The molecule has 6 heteroatoms. The Labute approximate surface area is 501 Å². The Morgan fingerprint density at radius 3 is 0.975 bits per heavy atom. The van der Waals surface area contributed by atoms with Crippen molar-refractivity contribution in [3.05, 3.63) is 24.3 Å². The molecule has 0 saturated carbocycles. The minimum absolute atomic E-state index is 0.00247. The lowest BCUT2D eigenvalue weighted by Gasteiger charge is -2.22. The molecule has 0 rings (SSSR count). The van der Waals surface area contributed by atoms with Gasteiger partial charge in [-0.2, -0.15) is 0 Å². The number of nitrogens with one attached hydrogen (secondary N) is 1. The number of rotatable bonds is 69. The van der Waals surface area contributed by atoms with Gasteiger partial charge < -0.3 is 20.3 Å². The van der Waals surface area contributed by atoms with E-state index in [0.717, 1.165) is 51.4 Å². The number of ether oxygens (including phenoxy) is 1. The van der Waals surface area contributed by atoms with Crippen molar-refractivity contribution in [1.29, 1.82) is 0 Å². The first-order valence-corrected chi connectivity index (χ1v) is 36.6. The predicted octanol–water partition coefficient (Wildman–Crippen LogP) is 23.7. The third-order valence-electron chi connectivity index (χ3n) is 17.3. The quantitative estimate of drug-likeness (QED) is 0.0320. The summed E-state index contributed by atoms with van der Waals surface area (Å²) in [6, 6.07) is -0.542. The molecule has 1 amide bonds. The van der Waals surface area contributed by atoms with Crippen molar-refractivity contribution in [2.24, 2.45) is 0 Å². The van der Waals surface area contributed by atoms with Crippen LogP contribution in [-0.4, -0.2) is 47.4 Å². The molecule has 0 aliphatic heterocycles. The highest BCUT2D eigenvalue weighted by Gasteiger charge is 2.20. The van der Waals surface area contributed by atoms with Crippen LogP contribution in [-0.2, 0) is 14.3 Å². The average Bonchev–Trinajstić information content (AvgIpc) is 3.46. The zero-order valence-corrected chi connectivity index (χ0v) is 54.3. The van der Waals surface area contributed by atoms with Gasteiger partial charge in [0.15, 0.2) is 0 Å². The van der Waals surface area contributed by atoms with Crippen LogP contribution in [0.4, 0.5) is 0 Å². The van der Waals surface area contributed by atoms with Crippen LogP contribution in [0.15, 0.2) is 24.3 Å². The predicted molar refractivity (Wildman–Crippen MR) is 352 cm³/mol. The average molecular weight is 1130 g/mol. The first-order chi connectivity index (χ1) is 39.5. The molecule has 0 radical (unpaired) electrons. The van der Waals surface area contributed by atoms with Crippen LogP contribution >= 0.6 is 0 Å². The van der Waals surface area contributed by atoms with Gasteiger partial charge in [-0.3, -0.25) is 9.59 Å². The molecule has 0 aromatic carbocycles. The van der Waals surface area contributed by atoms with Crippen molar-refractivity contribution >= 4 is 11.9 Å². The molecule has 6 nitrogen and oxygen atoms in total. The second-order valence-corrected chi connectivity index (χ2v) is 25.3. The minimum Gasteiger partial charge on any atom is -0.466 e. The zero-order chi connectivity index (χ0) is 57.8.